The zero-order valence-electron chi connectivity index (χ0n) is 11.2. The van der Waals surface area contributed by atoms with E-state index in [0.717, 1.165) is 12.2 Å². The molecule has 0 aromatic heterocycles. The number of benzene rings is 2. The monoisotopic (exact) mass is 320 g/mol. The van der Waals surface area contributed by atoms with Crippen molar-refractivity contribution in [1.82, 2.24) is 0 Å². The maximum atomic E-state index is 12.2. The van der Waals surface area contributed by atoms with Crippen molar-refractivity contribution in [2.75, 3.05) is 17.2 Å². The SMILES string of the molecule is O=C(CC1CNc2ccccc21)Nc1cc(Cl)ccc1Cl. The summed E-state index contributed by atoms with van der Waals surface area (Å²) in [5.74, 6) is 0.113. The van der Waals surface area contributed by atoms with Gasteiger partial charge in [0.15, 0.2) is 0 Å². The van der Waals surface area contributed by atoms with Gasteiger partial charge in [-0.2, -0.15) is 0 Å². The minimum atomic E-state index is -0.0670. The molecule has 3 nitrogen and oxygen atoms in total. The van der Waals surface area contributed by atoms with Gasteiger partial charge < -0.3 is 10.6 Å². The van der Waals surface area contributed by atoms with Crippen LogP contribution in [0.1, 0.15) is 17.9 Å². The highest BCUT2D eigenvalue weighted by atomic mass is 35.5. The van der Waals surface area contributed by atoms with E-state index >= 15 is 0 Å². The number of hydrogen-bond acceptors (Lipinski definition) is 2. The number of rotatable bonds is 3. The van der Waals surface area contributed by atoms with Gasteiger partial charge in [0.1, 0.15) is 0 Å². The number of anilines is 2. The van der Waals surface area contributed by atoms with E-state index in [-0.39, 0.29) is 11.8 Å². The van der Waals surface area contributed by atoms with E-state index in [1.54, 1.807) is 18.2 Å². The van der Waals surface area contributed by atoms with Crippen molar-refractivity contribution in [3.8, 4) is 0 Å². The maximum Gasteiger partial charge on any atom is 0.225 e. The van der Waals surface area contributed by atoms with E-state index in [4.69, 9.17) is 23.2 Å². The molecule has 1 heterocycles. The third-order valence-electron chi connectivity index (χ3n) is 3.57. The Morgan fingerprint density at radius 1 is 1.24 bits per heavy atom. The lowest BCUT2D eigenvalue weighted by atomic mass is 9.97. The molecule has 0 fully saturated rings. The minimum Gasteiger partial charge on any atom is -0.384 e. The molecule has 1 amide bonds. The van der Waals surface area contributed by atoms with Gasteiger partial charge in [0.25, 0.3) is 0 Å². The number of halogens is 2. The molecule has 0 saturated heterocycles. The summed E-state index contributed by atoms with van der Waals surface area (Å²) in [6, 6.07) is 13.1. The maximum absolute atomic E-state index is 12.2. The van der Waals surface area contributed by atoms with E-state index in [9.17, 15) is 4.79 Å². The Kier molecular flexibility index (Phi) is 4.04. The Labute approximate surface area is 133 Å². The first-order chi connectivity index (χ1) is 10.1. The van der Waals surface area contributed by atoms with Crippen LogP contribution in [0, 0.1) is 0 Å². The molecule has 0 radical (unpaired) electrons. The van der Waals surface area contributed by atoms with Crippen LogP contribution in [0.2, 0.25) is 10.0 Å². The Morgan fingerprint density at radius 3 is 2.90 bits per heavy atom. The number of fused-ring (bicyclic) bond motifs is 1. The quantitative estimate of drug-likeness (QED) is 0.872. The van der Waals surface area contributed by atoms with Gasteiger partial charge in [0, 0.05) is 29.6 Å². The first-order valence-corrected chi connectivity index (χ1v) is 7.47. The zero-order chi connectivity index (χ0) is 14.8. The normalized spacial score (nSPS) is 16.2. The highest BCUT2D eigenvalue weighted by molar-refractivity contribution is 6.35. The molecule has 0 saturated carbocycles. The van der Waals surface area contributed by atoms with Crippen molar-refractivity contribution in [1.29, 1.82) is 0 Å². The van der Waals surface area contributed by atoms with Gasteiger partial charge in [-0.25, -0.2) is 0 Å². The van der Waals surface area contributed by atoms with Crippen molar-refractivity contribution in [3.05, 3.63) is 58.1 Å². The third-order valence-corrected chi connectivity index (χ3v) is 4.14. The second kappa shape index (κ2) is 5.96. The van der Waals surface area contributed by atoms with E-state index in [1.807, 2.05) is 18.2 Å². The molecule has 2 N–H and O–H groups in total. The summed E-state index contributed by atoms with van der Waals surface area (Å²) >= 11 is 12.0. The highest BCUT2D eigenvalue weighted by Gasteiger charge is 2.24. The number of carbonyl (C=O) groups is 1. The fourth-order valence-electron chi connectivity index (χ4n) is 2.56. The van der Waals surface area contributed by atoms with Gasteiger partial charge in [-0.15, -0.1) is 0 Å². The molecule has 0 spiro atoms. The lowest BCUT2D eigenvalue weighted by molar-refractivity contribution is -0.116. The van der Waals surface area contributed by atoms with Crippen LogP contribution in [0.3, 0.4) is 0 Å². The minimum absolute atomic E-state index is 0.0670. The van der Waals surface area contributed by atoms with Crippen LogP contribution in [0.5, 0.6) is 0 Å². The van der Waals surface area contributed by atoms with Gasteiger partial charge in [-0.05, 0) is 29.8 Å². The van der Waals surface area contributed by atoms with E-state index < -0.39 is 0 Å². The lowest BCUT2D eigenvalue weighted by Gasteiger charge is -2.12. The van der Waals surface area contributed by atoms with Crippen LogP contribution in [0.15, 0.2) is 42.5 Å². The third kappa shape index (κ3) is 3.14. The van der Waals surface area contributed by atoms with Crippen molar-refractivity contribution < 1.29 is 4.79 Å². The molecule has 1 aliphatic rings. The van der Waals surface area contributed by atoms with Gasteiger partial charge in [-0.3, -0.25) is 4.79 Å². The van der Waals surface area contributed by atoms with E-state index in [2.05, 4.69) is 16.7 Å². The molecule has 108 valence electrons. The van der Waals surface area contributed by atoms with Gasteiger partial charge in [0.05, 0.1) is 10.7 Å². The summed E-state index contributed by atoms with van der Waals surface area (Å²) in [6.07, 6.45) is 0.410. The van der Waals surface area contributed by atoms with E-state index in [1.165, 1.54) is 5.56 Å². The van der Waals surface area contributed by atoms with Crippen molar-refractivity contribution in [3.63, 3.8) is 0 Å². The molecule has 1 atom stereocenters. The molecule has 21 heavy (non-hydrogen) atoms. The standard InChI is InChI=1S/C16H14Cl2N2O/c17-11-5-6-13(18)15(8-11)20-16(21)7-10-9-19-14-4-2-1-3-12(10)14/h1-6,8,10,19H,7,9H2,(H,20,21). The number of nitrogens with one attached hydrogen (secondary N) is 2. The van der Waals surface area contributed by atoms with E-state index in [0.29, 0.717) is 22.2 Å². The van der Waals surface area contributed by atoms with Crippen LogP contribution >= 0.6 is 23.2 Å². The summed E-state index contributed by atoms with van der Waals surface area (Å²) in [4.78, 5) is 12.2. The van der Waals surface area contributed by atoms with Crippen LogP contribution in [-0.4, -0.2) is 12.5 Å². The topological polar surface area (TPSA) is 41.1 Å². The van der Waals surface area contributed by atoms with Crippen molar-refractivity contribution in [2.24, 2.45) is 0 Å². The molecule has 5 heteroatoms. The molecule has 1 aliphatic heterocycles. The first-order valence-electron chi connectivity index (χ1n) is 6.71. The Morgan fingerprint density at radius 2 is 2.05 bits per heavy atom. The predicted octanol–water partition coefficient (Wildman–Crippen LogP) is 4.53. The molecular weight excluding hydrogens is 307 g/mol. The highest BCUT2D eigenvalue weighted by Crippen LogP contribution is 2.33. The lowest BCUT2D eigenvalue weighted by Crippen LogP contribution is -2.16. The van der Waals surface area contributed by atoms with Crippen LogP contribution in [0.25, 0.3) is 0 Å². The summed E-state index contributed by atoms with van der Waals surface area (Å²) in [5, 5.41) is 7.17. The van der Waals surface area contributed by atoms with Crippen LogP contribution in [0.4, 0.5) is 11.4 Å². The smallest absolute Gasteiger partial charge is 0.225 e. The molecular formula is C16H14Cl2N2O. The van der Waals surface area contributed by atoms with Crippen molar-refractivity contribution >= 4 is 40.5 Å². The fraction of sp³-hybridized carbons (Fsp3) is 0.188. The molecule has 0 bridgehead atoms. The Hall–Kier alpha value is -1.71. The molecule has 1 unspecified atom stereocenters. The number of para-hydroxylation sites is 1. The van der Waals surface area contributed by atoms with Gasteiger partial charge >= 0.3 is 0 Å². The van der Waals surface area contributed by atoms with Crippen LogP contribution in [-0.2, 0) is 4.79 Å². The number of hydrogen-bond donors (Lipinski definition) is 2. The van der Waals surface area contributed by atoms with Crippen molar-refractivity contribution in [2.45, 2.75) is 12.3 Å². The van der Waals surface area contributed by atoms with Gasteiger partial charge in [0.2, 0.25) is 5.91 Å². The summed E-state index contributed by atoms with van der Waals surface area (Å²) in [6.45, 7) is 0.774. The molecule has 0 aliphatic carbocycles. The summed E-state index contributed by atoms with van der Waals surface area (Å²) < 4.78 is 0. The summed E-state index contributed by atoms with van der Waals surface area (Å²) in [5.41, 5.74) is 2.84. The Balaban J connectivity index is 1.69. The fourth-order valence-corrected chi connectivity index (χ4v) is 2.89. The summed E-state index contributed by atoms with van der Waals surface area (Å²) in [7, 11) is 0. The second-order valence-corrected chi connectivity index (χ2v) is 5.89. The number of carbonyl (C=O) groups excluding carboxylic acids is 1. The average molecular weight is 321 g/mol. The molecule has 3 rings (SSSR count). The van der Waals surface area contributed by atoms with Gasteiger partial charge in [-0.1, -0.05) is 41.4 Å². The van der Waals surface area contributed by atoms with Crippen LogP contribution < -0.4 is 10.6 Å². The average Bonchev–Trinajstić information content (AvgIpc) is 2.86. The zero-order valence-corrected chi connectivity index (χ0v) is 12.7. The predicted molar refractivity (Wildman–Crippen MR) is 87.4 cm³/mol. The molecule has 2 aromatic rings. The largest absolute Gasteiger partial charge is 0.384 e. The molecule has 2 aromatic carbocycles. The second-order valence-electron chi connectivity index (χ2n) is 5.04. The first kappa shape index (κ1) is 14.2. The number of amides is 1. The Bertz CT molecular complexity index is 688.